The molecule has 25 heavy (non-hydrogen) atoms. The highest BCUT2D eigenvalue weighted by Gasteiger charge is 2.06. The van der Waals surface area contributed by atoms with Crippen molar-refractivity contribution in [3.63, 3.8) is 0 Å². The van der Waals surface area contributed by atoms with E-state index in [9.17, 15) is 0 Å². The Labute approximate surface area is 171 Å². The highest BCUT2D eigenvalue weighted by atomic mass is 127. The number of alkyl halides is 1. The van der Waals surface area contributed by atoms with Crippen LogP contribution in [0.3, 0.4) is 0 Å². The molecule has 0 aromatic heterocycles. The van der Waals surface area contributed by atoms with Gasteiger partial charge in [-0.15, -0.1) is 0 Å². The first kappa shape index (κ1) is 25.4. The van der Waals surface area contributed by atoms with Gasteiger partial charge in [-0.3, -0.25) is 0 Å². The van der Waals surface area contributed by atoms with E-state index in [0.29, 0.717) is 0 Å². The zero-order chi connectivity index (χ0) is 18.4. The molecule has 0 unspecified atom stereocenters. The van der Waals surface area contributed by atoms with Crippen molar-refractivity contribution in [3.8, 4) is 0 Å². The molecule has 0 saturated carbocycles. The lowest BCUT2D eigenvalue weighted by Gasteiger charge is -2.16. The average Bonchev–Trinajstić information content (AvgIpc) is 2.61. The van der Waals surface area contributed by atoms with Gasteiger partial charge in [0.15, 0.2) is 6.29 Å². The molecule has 0 radical (unpaired) electrons. The van der Waals surface area contributed by atoms with E-state index in [1.54, 1.807) is 0 Å². The largest absolute Gasteiger partial charge is 0.353 e. The van der Waals surface area contributed by atoms with Crippen LogP contribution in [0.2, 0.25) is 0 Å². The summed E-state index contributed by atoms with van der Waals surface area (Å²) in [7, 11) is 0. The van der Waals surface area contributed by atoms with E-state index in [4.69, 9.17) is 9.47 Å². The van der Waals surface area contributed by atoms with E-state index in [2.05, 4.69) is 34.7 Å². The summed E-state index contributed by atoms with van der Waals surface area (Å²) in [6, 6.07) is 0. The second kappa shape index (κ2) is 22.4. The topological polar surface area (TPSA) is 18.5 Å². The SMILES string of the molecule is CCOC(CCCCCCCCCCCCC/C=C/CCI)OCC. The van der Waals surface area contributed by atoms with Gasteiger partial charge in [-0.1, -0.05) is 92.5 Å². The molecular weight excluding hydrogens is 423 g/mol. The van der Waals surface area contributed by atoms with Crippen LogP contribution in [0.25, 0.3) is 0 Å². The molecule has 3 heteroatoms. The molecule has 0 aliphatic rings. The van der Waals surface area contributed by atoms with E-state index in [0.717, 1.165) is 19.6 Å². The molecule has 0 amide bonds. The van der Waals surface area contributed by atoms with E-state index in [1.807, 2.05) is 13.8 Å². The summed E-state index contributed by atoms with van der Waals surface area (Å²) < 4.78 is 12.4. The van der Waals surface area contributed by atoms with Crippen LogP contribution in [-0.2, 0) is 9.47 Å². The second-order valence-electron chi connectivity index (χ2n) is 6.76. The Morgan fingerprint density at radius 2 is 1.08 bits per heavy atom. The Morgan fingerprint density at radius 1 is 0.640 bits per heavy atom. The van der Waals surface area contributed by atoms with Crippen LogP contribution >= 0.6 is 22.6 Å². The number of hydrogen-bond acceptors (Lipinski definition) is 2. The van der Waals surface area contributed by atoms with Crippen LogP contribution in [0.5, 0.6) is 0 Å². The maximum atomic E-state index is 5.58. The first-order valence-electron chi connectivity index (χ1n) is 10.8. The van der Waals surface area contributed by atoms with Gasteiger partial charge in [-0.2, -0.15) is 0 Å². The zero-order valence-electron chi connectivity index (χ0n) is 16.9. The van der Waals surface area contributed by atoms with Crippen molar-refractivity contribution in [1.82, 2.24) is 0 Å². The molecule has 0 aliphatic carbocycles. The van der Waals surface area contributed by atoms with Crippen LogP contribution in [0, 0.1) is 0 Å². The maximum absolute atomic E-state index is 5.58. The van der Waals surface area contributed by atoms with Crippen molar-refractivity contribution in [2.75, 3.05) is 17.6 Å². The summed E-state index contributed by atoms with van der Waals surface area (Å²) in [6.07, 6.45) is 23.5. The van der Waals surface area contributed by atoms with E-state index >= 15 is 0 Å². The lowest BCUT2D eigenvalue weighted by Crippen LogP contribution is -2.17. The van der Waals surface area contributed by atoms with Crippen LogP contribution < -0.4 is 0 Å². The Morgan fingerprint density at radius 3 is 1.56 bits per heavy atom. The molecule has 0 aromatic rings. The fourth-order valence-corrected chi connectivity index (χ4v) is 3.41. The van der Waals surface area contributed by atoms with Crippen LogP contribution in [0.1, 0.15) is 104 Å². The molecule has 0 heterocycles. The predicted molar refractivity (Wildman–Crippen MR) is 120 cm³/mol. The normalized spacial score (nSPS) is 11.8. The standard InChI is InChI=1S/C22H43IO2/c1-3-24-22(25-4-2)20-18-16-14-12-10-8-6-5-7-9-11-13-15-17-19-21-23/h15,17,22H,3-14,16,18-21H2,1-2H3/b17-15+. The van der Waals surface area contributed by atoms with Gasteiger partial charge in [-0.05, 0) is 46.0 Å². The summed E-state index contributed by atoms with van der Waals surface area (Å²) >= 11 is 2.43. The third-order valence-electron chi connectivity index (χ3n) is 4.46. The summed E-state index contributed by atoms with van der Waals surface area (Å²) in [6.45, 7) is 5.58. The minimum absolute atomic E-state index is 0.0248. The summed E-state index contributed by atoms with van der Waals surface area (Å²) in [4.78, 5) is 0. The lowest BCUT2D eigenvalue weighted by molar-refractivity contribution is -0.140. The van der Waals surface area contributed by atoms with Crippen molar-refractivity contribution in [2.24, 2.45) is 0 Å². The van der Waals surface area contributed by atoms with Crippen LogP contribution in [0.15, 0.2) is 12.2 Å². The summed E-state index contributed by atoms with van der Waals surface area (Å²) in [5, 5.41) is 0. The van der Waals surface area contributed by atoms with Crippen molar-refractivity contribution >= 4 is 22.6 Å². The monoisotopic (exact) mass is 466 g/mol. The molecule has 0 bridgehead atoms. The van der Waals surface area contributed by atoms with Gasteiger partial charge in [0.25, 0.3) is 0 Å². The highest BCUT2D eigenvalue weighted by Crippen LogP contribution is 2.14. The van der Waals surface area contributed by atoms with Crippen molar-refractivity contribution in [2.45, 2.75) is 110 Å². The number of hydrogen-bond donors (Lipinski definition) is 0. The Balaban J connectivity index is 3.18. The number of ether oxygens (including phenoxy) is 2. The van der Waals surface area contributed by atoms with Gasteiger partial charge in [0.2, 0.25) is 0 Å². The smallest absolute Gasteiger partial charge is 0.157 e. The van der Waals surface area contributed by atoms with Crippen LogP contribution in [-0.4, -0.2) is 23.9 Å². The lowest BCUT2D eigenvalue weighted by atomic mass is 10.0. The fourth-order valence-electron chi connectivity index (χ4n) is 3.05. The van der Waals surface area contributed by atoms with Gasteiger partial charge in [0.05, 0.1) is 0 Å². The van der Waals surface area contributed by atoms with Gasteiger partial charge in [0, 0.05) is 17.6 Å². The van der Waals surface area contributed by atoms with Gasteiger partial charge in [0.1, 0.15) is 0 Å². The number of unbranched alkanes of at least 4 members (excludes halogenated alkanes) is 11. The molecule has 0 saturated heterocycles. The third-order valence-corrected chi connectivity index (χ3v) is 5.08. The van der Waals surface area contributed by atoms with Gasteiger partial charge >= 0.3 is 0 Å². The average molecular weight is 466 g/mol. The summed E-state index contributed by atoms with van der Waals surface area (Å²) in [5.41, 5.74) is 0. The molecule has 0 spiro atoms. The highest BCUT2D eigenvalue weighted by molar-refractivity contribution is 14.1. The fraction of sp³-hybridized carbons (Fsp3) is 0.909. The van der Waals surface area contributed by atoms with Crippen LogP contribution in [0.4, 0.5) is 0 Å². The quantitative estimate of drug-likeness (QED) is 0.0598. The zero-order valence-corrected chi connectivity index (χ0v) is 19.1. The summed E-state index contributed by atoms with van der Waals surface area (Å²) in [5.74, 6) is 0. The van der Waals surface area contributed by atoms with E-state index in [1.165, 1.54) is 87.9 Å². The number of allylic oxidation sites excluding steroid dienone is 2. The van der Waals surface area contributed by atoms with Gasteiger partial charge in [-0.25, -0.2) is 0 Å². The third kappa shape index (κ3) is 20.6. The maximum Gasteiger partial charge on any atom is 0.157 e. The second-order valence-corrected chi connectivity index (χ2v) is 7.83. The molecule has 0 aromatic carbocycles. The van der Waals surface area contributed by atoms with Crippen molar-refractivity contribution in [3.05, 3.63) is 12.2 Å². The number of halogens is 1. The molecule has 0 atom stereocenters. The first-order valence-corrected chi connectivity index (χ1v) is 12.3. The number of rotatable bonds is 20. The van der Waals surface area contributed by atoms with Gasteiger partial charge < -0.3 is 9.47 Å². The molecule has 0 aliphatic heterocycles. The molecule has 0 fully saturated rings. The molecule has 0 rings (SSSR count). The van der Waals surface area contributed by atoms with E-state index < -0.39 is 0 Å². The van der Waals surface area contributed by atoms with E-state index in [-0.39, 0.29) is 6.29 Å². The van der Waals surface area contributed by atoms with Crippen molar-refractivity contribution in [1.29, 1.82) is 0 Å². The van der Waals surface area contributed by atoms with Crippen molar-refractivity contribution < 1.29 is 9.47 Å². The minimum Gasteiger partial charge on any atom is -0.353 e. The molecule has 0 N–H and O–H groups in total. The first-order chi connectivity index (χ1) is 12.3. The Bertz CT molecular complexity index is 263. The Kier molecular flexibility index (Phi) is 22.8. The molecule has 2 nitrogen and oxygen atoms in total. The molecule has 150 valence electrons. The molecular formula is C22H43IO2. The Hall–Kier alpha value is 0.390. The predicted octanol–water partition coefficient (Wildman–Crippen LogP) is 7.84. The minimum atomic E-state index is 0.0248.